The van der Waals surface area contributed by atoms with Crippen LogP contribution in [-0.4, -0.2) is 61.5 Å². The molecule has 0 N–H and O–H groups in total. The van der Waals surface area contributed by atoms with Crippen molar-refractivity contribution in [2.24, 2.45) is 0 Å². The number of nitrogens with zero attached hydrogens (tertiary/aromatic N) is 4. The van der Waals surface area contributed by atoms with Crippen molar-refractivity contribution >= 4 is 5.69 Å². The maximum absolute atomic E-state index is 6.14. The first-order chi connectivity index (χ1) is 15.3. The summed E-state index contributed by atoms with van der Waals surface area (Å²) in [4.78, 5) is 9.15. The number of hydrogen-bond donors (Lipinski definition) is 0. The Bertz CT molecular complexity index is 983. The Labute approximate surface area is 182 Å². The summed E-state index contributed by atoms with van der Waals surface area (Å²) in [5.74, 6) is 1.47. The third kappa shape index (κ3) is 4.43. The normalized spacial score (nSPS) is 19.3. The summed E-state index contributed by atoms with van der Waals surface area (Å²) in [6.07, 6.45) is 3.53. The first kappa shape index (κ1) is 20.0. The van der Waals surface area contributed by atoms with Crippen LogP contribution in [-0.2, 0) is 11.2 Å². The Morgan fingerprint density at radius 1 is 1.06 bits per heavy atom. The highest BCUT2D eigenvalue weighted by molar-refractivity contribution is 5.56. The van der Waals surface area contributed by atoms with Gasteiger partial charge in [-0.15, -0.1) is 0 Å². The third-order valence-corrected chi connectivity index (χ3v) is 6.31. The van der Waals surface area contributed by atoms with Crippen LogP contribution >= 0.6 is 0 Å². The van der Waals surface area contributed by atoms with Crippen molar-refractivity contribution < 1.29 is 14.0 Å². The molecule has 0 amide bonds. The monoisotopic (exact) mass is 420 g/mol. The van der Waals surface area contributed by atoms with Crippen LogP contribution in [0.5, 0.6) is 5.75 Å². The van der Waals surface area contributed by atoms with Crippen LogP contribution in [0.3, 0.4) is 0 Å². The second-order valence-corrected chi connectivity index (χ2v) is 8.08. The van der Waals surface area contributed by atoms with E-state index < -0.39 is 0 Å². The fraction of sp³-hybridized carbons (Fsp3) is 0.417. The van der Waals surface area contributed by atoms with E-state index in [0.29, 0.717) is 5.89 Å². The zero-order valence-electron chi connectivity index (χ0n) is 17.9. The van der Waals surface area contributed by atoms with Gasteiger partial charge in [-0.2, -0.15) is 4.98 Å². The Hall–Kier alpha value is -2.90. The first-order valence-electron chi connectivity index (χ1n) is 10.9. The minimum absolute atomic E-state index is 0.153. The van der Waals surface area contributed by atoms with E-state index in [1.165, 1.54) is 23.1 Å². The lowest BCUT2D eigenvalue weighted by Crippen LogP contribution is -2.46. The Morgan fingerprint density at radius 3 is 2.65 bits per heavy atom. The van der Waals surface area contributed by atoms with Gasteiger partial charge in [-0.05, 0) is 60.4 Å². The molecule has 0 aliphatic carbocycles. The number of piperazine rings is 1. The topological polar surface area (TPSA) is 63.9 Å². The molecular weight excluding hydrogens is 392 g/mol. The number of anilines is 1. The third-order valence-electron chi connectivity index (χ3n) is 6.31. The summed E-state index contributed by atoms with van der Waals surface area (Å²) >= 11 is 0. The van der Waals surface area contributed by atoms with Crippen LogP contribution in [0, 0.1) is 0 Å². The summed E-state index contributed by atoms with van der Waals surface area (Å²) in [6.45, 7) is 6.04. The van der Waals surface area contributed by atoms with E-state index in [4.69, 9.17) is 14.0 Å². The summed E-state index contributed by atoms with van der Waals surface area (Å²) in [5.41, 5.74) is 4.87. The molecule has 7 heteroatoms. The van der Waals surface area contributed by atoms with E-state index in [1.807, 2.05) is 12.1 Å². The van der Waals surface area contributed by atoms with Gasteiger partial charge in [-0.3, -0.25) is 4.90 Å². The fourth-order valence-corrected chi connectivity index (χ4v) is 4.53. The highest BCUT2D eigenvalue weighted by Crippen LogP contribution is 2.32. The molecular formula is C24H28N4O3. The maximum Gasteiger partial charge on any atom is 0.257 e. The number of fused-ring (bicyclic) bond motifs is 1. The van der Waals surface area contributed by atoms with Crippen molar-refractivity contribution in [3.8, 4) is 17.2 Å². The SMILES string of the molecule is COc1ccc(N2CCN(CC[C@@H]3OCCc4cc(-c5ncno5)ccc43)CC2)cc1. The second-order valence-electron chi connectivity index (χ2n) is 8.08. The molecule has 3 aromatic rings. The lowest BCUT2D eigenvalue weighted by Gasteiger charge is -2.37. The molecule has 2 aromatic carbocycles. The van der Waals surface area contributed by atoms with Gasteiger partial charge >= 0.3 is 0 Å². The van der Waals surface area contributed by atoms with Gasteiger partial charge in [-0.1, -0.05) is 11.2 Å². The second kappa shape index (κ2) is 9.08. The molecule has 162 valence electrons. The van der Waals surface area contributed by atoms with Gasteiger partial charge in [0.25, 0.3) is 5.89 Å². The highest BCUT2D eigenvalue weighted by Gasteiger charge is 2.24. The predicted octanol–water partition coefficient (Wildman–Crippen LogP) is 3.57. The van der Waals surface area contributed by atoms with Gasteiger partial charge in [-0.25, -0.2) is 0 Å². The van der Waals surface area contributed by atoms with Crippen LogP contribution in [0.25, 0.3) is 11.5 Å². The molecule has 1 saturated heterocycles. The van der Waals surface area contributed by atoms with Crippen molar-refractivity contribution in [1.29, 1.82) is 0 Å². The molecule has 1 atom stereocenters. The van der Waals surface area contributed by atoms with Crippen molar-refractivity contribution in [3.05, 3.63) is 59.9 Å². The van der Waals surface area contributed by atoms with Gasteiger partial charge in [0.05, 0.1) is 19.8 Å². The van der Waals surface area contributed by atoms with E-state index in [2.05, 4.69) is 50.3 Å². The van der Waals surface area contributed by atoms with E-state index in [9.17, 15) is 0 Å². The van der Waals surface area contributed by atoms with Crippen molar-refractivity contribution in [2.75, 3.05) is 51.3 Å². The van der Waals surface area contributed by atoms with Crippen LogP contribution in [0.4, 0.5) is 5.69 Å². The van der Waals surface area contributed by atoms with Gasteiger partial charge in [0.2, 0.25) is 0 Å². The van der Waals surface area contributed by atoms with Crippen LogP contribution < -0.4 is 9.64 Å². The molecule has 31 heavy (non-hydrogen) atoms. The molecule has 0 radical (unpaired) electrons. The molecule has 0 spiro atoms. The summed E-state index contributed by atoms with van der Waals surface area (Å²) < 4.78 is 16.6. The standard InChI is InChI=1S/C24H28N4O3/c1-29-21-5-3-20(4-6-21)28-13-11-27(12-14-28)10-8-23-22-7-2-19(24-25-17-26-31-24)16-18(22)9-15-30-23/h2-7,16-17,23H,8-15H2,1H3/t23-/m0/s1. The highest BCUT2D eigenvalue weighted by atomic mass is 16.5. The zero-order valence-corrected chi connectivity index (χ0v) is 17.9. The van der Waals surface area contributed by atoms with E-state index in [0.717, 1.165) is 63.5 Å². The minimum atomic E-state index is 0.153. The van der Waals surface area contributed by atoms with Gasteiger partial charge < -0.3 is 18.9 Å². The molecule has 0 bridgehead atoms. The number of aromatic nitrogens is 2. The number of ether oxygens (including phenoxy) is 2. The first-order valence-corrected chi connectivity index (χ1v) is 10.9. The summed E-state index contributed by atoms with van der Waals surface area (Å²) in [6, 6.07) is 14.7. The molecule has 3 heterocycles. The molecule has 5 rings (SSSR count). The summed E-state index contributed by atoms with van der Waals surface area (Å²) in [7, 11) is 1.70. The van der Waals surface area contributed by atoms with Crippen molar-refractivity contribution in [1.82, 2.24) is 15.0 Å². The smallest absolute Gasteiger partial charge is 0.257 e. The average molecular weight is 421 g/mol. The van der Waals surface area contributed by atoms with E-state index in [-0.39, 0.29) is 6.10 Å². The molecule has 2 aliphatic heterocycles. The number of benzene rings is 2. The Morgan fingerprint density at radius 2 is 1.90 bits per heavy atom. The zero-order chi connectivity index (χ0) is 21.0. The molecule has 1 aromatic heterocycles. The number of rotatable bonds is 6. The lowest BCUT2D eigenvalue weighted by molar-refractivity contribution is 0.0289. The van der Waals surface area contributed by atoms with Crippen molar-refractivity contribution in [3.63, 3.8) is 0 Å². The molecule has 7 nitrogen and oxygen atoms in total. The lowest BCUT2D eigenvalue weighted by atomic mass is 9.93. The van der Waals surface area contributed by atoms with E-state index in [1.54, 1.807) is 7.11 Å². The Balaban J connectivity index is 1.16. The van der Waals surface area contributed by atoms with E-state index >= 15 is 0 Å². The van der Waals surface area contributed by atoms with Gasteiger partial charge in [0, 0.05) is 44.0 Å². The largest absolute Gasteiger partial charge is 0.497 e. The van der Waals surface area contributed by atoms with Gasteiger partial charge in [0.15, 0.2) is 6.33 Å². The molecule has 2 aliphatic rings. The Kier molecular flexibility index (Phi) is 5.86. The number of methoxy groups -OCH3 is 1. The van der Waals surface area contributed by atoms with Crippen LogP contribution in [0.2, 0.25) is 0 Å². The molecule has 0 saturated carbocycles. The van der Waals surface area contributed by atoms with Crippen molar-refractivity contribution in [2.45, 2.75) is 18.9 Å². The molecule has 0 unspecified atom stereocenters. The number of hydrogen-bond acceptors (Lipinski definition) is 7. The van der Waals surface area contributed by atoms with Crippen LogP contribution in [0.15, 0.2) is 53.3 Å². The average Bonchev–Trinajstić information content (AvgIpc) is 3.38. The fourth-order valence-electron chi connectivity index (χ4n) is 4.53. The molecule has 1 fully saturated rings. The van der Waals surface area contributed by atoms with Crippen LogP contribution in [0.1, 0.15) is 23.7 Å². The van der Waals surface area contributed by atoms with Gasteiger partial charge in [0.1, 0.15) is 5.75 Å². The quantitative estimate of drug-likeness (QED) is 0.604. The minimum Gasteiger partial charge on any atom is -0.497 e. The predicted molar refractivity (Wildman–Crippen MR) is 118 cm³/mol. The summed E-state index contributed by atoms with van der Waals surface area (Å²) in [5, 5.41) is 3.71. The maximum atomic E-state index is 6.14.